The smallest absolute Gasteiger partial charge is 0.243 e. The summed E-state index contributed by atoms with van der Waals surface area (Å²) in [5.41, 5.74) is 1.77. The minimum absolute atomic E-state index is 0.00949. The minimum Gasteiger partial charge on any atom is -0.316 e. The maximum atomic E-state index is 13.0. The number of hydrogen-bond donors (Lipinski definition) is 1. The molecule has 0 bridgehead atoms. The Kier molecular flexibility index (Phi) is 4.68. The summed E-state index contributed by atoms with van der Waals surface area (Å²) in [6.45, 7) is 4.60. The summed E-state index contributed by atoms with van der Waals surface area (Å²) < 4.78 is 27.5. The lowest BCUT2D eigenvalue weighted by atomic mass is 10.1. The highest BCUT2D eigenvalue weighted by Gasteiger charge is 2.33. The highest BCUT2D eigenvalue weighted by atomic mass is 32.2. The molecule has 1 aromatic carbocycles. The van der Waals surface area contributed by atoms with E-state index in [9.17, 15) is 13.2 Å². The maximum Gasteiger partial charge on any atom is 0.243 e. The average molecular weight is 351 g/mol. The van der Waals surface area contributed by atoms with Crippen LogP contribution in [-0.4, -0.2) is 50.9 Å². The number of rotatable bonds is 3. The molecule has 2 unspecified atom stereocenters. The summed E-state index contributed by atoms with van der Waals surface area (Å²) in [7, 11) is -1.62. The molecule has 2 heterocycles. The van der Waals surface area contributed by atoms with E-state index in [-0.39, 0.29) is 18.0 Å². The summed E-state index contributed by atoms with van der Waals surface area (Å²) in [4.78, 5) is 13.9. The summed E-state index contributed by atoms with van der Waals surface area (Å²) in [5, 5.41) is 3.17. The maximum absolute atomic E-state index is 13.0. The predicted molar refractivity (Wildman–Crippen MR) is 93.6 cm³/mol. The van der Waals surface area contributed by atoms with Crippen LogP contribution in [-0.2, 0) is 21.2 Å². The molecule has 2 atom stereocenters. The molecular formula is C17H25N3O3S. The number of carbonyl (C=O) groups excluding carboxylic acids is 1. The van der Waals surface area contributed by atoms with Gasteiger partial charge in [0.1, 0.15) is 0 Å². The third kappa shape index (κ3) is 2.96. The molecule has 6 nitrogen and oxygen atoms in total. The van der Waals surface area contributed by atoms with Gasteiger partial charge in [-0.3, -0.25) is 4.79 Å². The van der Waals surface area contributed by atoms with E-state index in [1.54, 1.807) is 34.3 Å². The van der Waals surface area contributed by atoms with E-state index in [0.717, 1.165) is 24.1 Å². The fourth-order valence-corrected chi connectivity index (χ4v) is 5.37. The second-order valence-corrected chi connectivity index (χ2v) is 8.66. The van der Waals surface area contributed by atoms with Gasteiger partial charge >= 0.3 is 0 Å². The molecule has 2 aliphatic heterocycles. The van der Waals surface area contributed by atoms with Crippen LogP contribution in [0.25, 0.3) is 0 Å². The van der Waals surface area contributed by atoms with Gasteiger partial charge in [0, 0.05) is 37.8 Å². The van der Waals surface area contributed by atoms with E-state index in [1.807, 2.05) is 14.0 Å². The van der Waals surface area contributed by atoms with E-state index in [4.69, 9.17) is 0 Å². The van der Waals surface area contributed by atoms with Crippen molar-refractivity contribution in [2.24, 2.45) is 0 Å². The number of amides is 1. The molecule has 1 N–H and O–H groups in total. The highest BCUT2D eigenvalue weighted by molar-refractivity contribution is 7.89. The Labute approximate surface area is 143 Å². The van der Waals surface area contributed by atoms with Crippen LogP contribution in [0, 0.1) is 0 Å². The van der Waals surface area contributed by atoms with Gasteiger partial charge in [-0.15, -0.1) is 0 Å². The first kappa shape index (κ1) is 17.4. The summed E-state index contributed by atoms with van der Waals surface area (Å²) in [6.07, 6.45) is 2.56. The Morgan fingerprint density at radius 2 is 2.08 bits per heavy atom. The fraction of sp³-hybridized carbons (Fsp3) is 0.588. The first-order valence-corrected chi connectivity index (χ1v) is 9.88. The number of anilines is 1. The summed E-state index contributed by atoms with van der Waals surface area (Å²) in [6, 6.07) is 5.42. The van der Waals surface area contributed by atoms with E-state index < -0.39 is 10.0 Å². The van der Waals surface area contributed by atoms with Crippen LogP contribution in [0.2, 0.25) is 0 Å². The van der Waals surface area contributed by atoms with Crippen LogP contribution in [0.5, 0.6) is 0 Å². The number of nitrogens with zero attached hydrogens (tertiary/aromatic N) is 2. The monoisotopic (exact) mass is 351 g/mol. The van der Waals surface area contributed by atoms with Crippen molar-refractivity contribution >= 4 is 21.6 Å². The van der Waals surface area contributed by atoms with Crippen molar-refractivity contribution in [2.75, 3.05) is 25.0 Å². The van der Waals surface area contributed by atoms with Crippen molar-refractivity contribution < 1.29 is 13.2 Å². The highest BCUT2D eigenvalue weighted by Crippen LogP contribution is 2.34. The third-order valence-electron chi connectivity index (χ3n) is 5.04. The van der Waals surface area contributed by atoms with Crippen LogP contribution in [0.15, 0.2) is 23.1 Å². The van der Waals surface area contributed by atoms with Gasteiger partial charge in [-0.2, -0.15) is 4.31 Å². The molecule has 0 saturated carbocycles. The molecule has 24 heavy (non-hydrogen) atoms. The molecule has 0 spiro atoms. The average Bonchev–Trinajstić information content (AvgIpc) is 2.89. The second-order valence-electron chi connectivity index (χ2n) is 6.72. The van der Waals surface area contributed by atoms with Gasteiger partial charge in [-0.05, 0) is 57.0 Å². The summed E-state index contributed by atoms with van der Waals surface area (Å²) in [5.74, 6) is -0.00949. The van der Waals surface area contributed by atoms with Gasteiger partial charge in [0.2, 0.25) is 15.9 Å². The molecule has 0 aliphatic carbocycles. The molecule has 3 rings (SSSR count). The number of piperidine rings is 1. The lowest BCUT2D eigenvalue weighted by Crippen LogP contribution is -2.46. The molecule has 1 aromatic rings. The Bertz CT molecular complexity index is 747. The number of fused-ring (bicyclic) bond motifs is 1. The van der Waals surface area contributed by atoms with Crippen molar-refractivity contribution in [2.45, 2.75) is 50.1 Å². The molecule has 132 valence electrons. The van der Waals surface area contributed by atoms with Crippen LogP contribution in [0.4, 0.5) is 5.69 Å². The number of likely N-dealkylation sites (N-methyl/N-ethyl adjacent to an activating group) is 1. The Morgan fingerprint density at radius 3 is 2.75 bits per heavy atom. The van der Waals surface area contributed by atoms with Crippen LogP contribution < -0.4 is 10.2 Å². The number of benzene rings is 1. The van der Waals surface area contributed by atoms with Crippen molar-refractivity contribution in [1.82, 2.24) is 9.62 Å². The first-order valence-electron chi connectivity index (χ1n) is 8.44. The molecule has 7 heteroatoms. The standard InChI is InChI=1S/C17H25N3O3S/c1-12-9-14-10-16(6-7-17(14)20(12)13(2)21)24(22,23)19-8-4-5-15(11-19)18-3/h6-7,10,12,15,18H,4-5,8-9,11H2,1-3H3. The molecule has 1 saturated heterocycles. The van der Waals surface area contributed by atoms with Crippen molar-refractivity contribution in [3.63, 3.8) is 0 Å². The quantitative estimate of drug-likeness (QED) is 0.893. The van der Waals surface area contributed by atoms with E-state index in [2.05, 4.69) is 5.32 Å². The summed E-state index contributed by atoms with van der Waals surface area (Å²) >= 11 is 0. The van der Waals surface area contributed by atoms with E-state index in [0.29, 0.717) is 24.4 Å². The number of carbonyl (C=O) groups is 1. The lowest BCUT2D eigenvalue weighted by Gasteiger charge is -2.31. The topological polar surface area (TPSA) is 69.7 Å². The normalized spacial score (nSPS) is 24.9. The van der Waals surface area contributed by atoms with Gasteiger partial charge in [0.05, 0.1) is 4.90 Å². The molecule has 2 aliphatic rings. The van der Waals surface area contributed by atoms with Gasteiger partial charge in [-0.25, -0.2) is 8.42 Å². The van der Waals surface area contributed by atoms with Crippen LogP contribution >= 0.6 is 0 Å². The van der Waals surface area contributed by atoms with Crippen LogP contribution in [0.3, 0.4) is 0 Å². The lowest BCUT2D eigenvalue weighted by molar-refractivity contribution is -0.116. The molecule has 0 aromatic heterocycles. The zero-order chi connectivity index (χ0) is 17.5. The second kappa shape index (κ2) is 6.46. The first-order chi connectivity index (χ1) is 11.3. The van der Waals surface area contributed by atoms with Crippen molar-refractivity contribution in [1.29, 1.82) is 0 Å². The van der Waals surface area contributed by atoms with Crippen LogP contribution in [0.1, 0.15) is 32.3 Å². The third-order valence-corrected chi connectivity index (χ3v) is 6.90. The van der Waals surface area contributed by atoms with Gasteiger partial charge in [0.25, 0.3) is 0 Å². The Morgan fingerprint density at radius 1 is 1.33 bits per heavy atom. The number of sulfonamides is 1. The SMILES string of the molecule is CNC1CCCN(S(=O)(=O)c2ccc3c(c2)CC(C)N3C(C)=O)C1. The molecule has 1 amide bonds. The van der Waals surface area contributed by atoms with Gasteiger partial charge in [0.15, 0.2) is 0 Å². The molecule has 1 fully saturated rings. The van der Waals surface area contributed by atoms with Gasteiger partial charge < -0.3 is 10.2 Å². The number of nitrogens with one attached hydrogen (secondary N) is 1. The van der Waals surface area contributed by atoms with Crippen molar-refractivity contribution in [3.8, 4) is 0 Å². The zero-order valence-corrected chi connectivity index (χ0v) is 15.3. The Balaban J connectivity index is 1.91. The Hall–Kier alpha value is -1.44. The molecular weight excluding hydrogens is 326 g/mol. The minimum atomic E-state index is -3.49. The molecule has 0 radical (unpaired) electrons. The van der Waals surface area contributed by atoms with Gasteiger partial charge in [-0.1, -0.05) is 0 Å². The zero-order valence-electron chi connectivity index (χ0n) is 14.4. The predicted octanol–water partition coefficient (Wildman–Crippen LogP) is 1.36. The van der Waals surface area contributed by atoms with E-state index in [1.165, 1.54) is 0 Å². The van der Waals surface area contributed by atoms with E-state index >= 15 is 0 Å². The fourth-order valence-electron chi connectivity index (χ4n) is 3.79. The van der Waals surface area contributed by atoms with Crippen molar-refractivity contribution in [3.05, 3.63) is 23.8 Å². The number of hydrogen-bond acceptors (Lipinski definition) is 4. The largest absolute Gasteiger partial charge is 0.316 e.